The van der Waals surface area contributed by atoms with E-state index < -0.39 is 22.0 Å². The first-order valence-corrected chi connectivity index (χ1v) is 12.0. The van der Waals surface area contributed by atoms with Crippen molar-refractivity contribution >= 4 is 16.0 Å². The summed E-state index contributed by atoms with van der Waals surface area (Å²) in [6, 6.07) is 14.4. The van der Waals surface area contributed by atoms with Gasteiger partial charge < -0.3 is 14.2 Å². The van der Waals surface area contributed by atoms with Gasteiger partial charge >= 0.3 is 5.97 Å². The lowest BCUT2D eigenvalue weighted by molar-refractivity contribution is -0.145. The third-order valence-corrected chi connectivity index (χ3v) is 7.36. The molecule has 2 aromatic carbocycles. The number of hydrogen-bond acceptors (Lipinski definition) is 7. The summed E-state index contributed by atoms with van der Waals surface area (Å²) in [5.74, 6) is -0.0262. The maximum atomic E-state index is 13.7. The molecule has 1 unspecified atom stereocenters. The second kappa shape index (κ2) is 11.4. The molecular weight excluding hydrogens is 432 g/mol. The molecule has 1 heterocycles. The minimum atomic E-state index is -4.00. The summed E-state index contributed by atoms with van der Waals surface area (Å²) >= 11 is 0. The quantitative estimate of drug-likeness (QED) is 0.500. The molecule has 3 rings (SSSR count). The summed E-state index contributed by atoms with van der Waals surface area (Å²) in [6.45, 7) is 3.36. The number of esters is 1. The molecule has 2 aromatic rings. The van der Waals surface area contributed by atoms with Crippen LogP contribution in [0.2, 0.25) is 0 Å². The van der Waals surface area contributed by atoms with Crippen LogP contribution in [-0.4, -0.2) is 76.7 Å². The van der Waals surface area contributed by atoms with Crippen LogP contribution in [0, 0.1) is 0 Å². The van der Waals surface area contributed by atoms with Crippen LogP contribution < -0.4 is 4.74 Å². The van der Waals surface area contributed by atoms with E-state index in [1.165, 1.54) is 30.7 Å². The summed E-state index contributed by atoms with van der Waals surface area (Å²) in [5, 5.41) is 0. The highest BCUT2D eigenvalue weighted by atomic mass is 32.2. The Kier molecular flexibility index (Phi) is 8.63. The Morgan fingerprint density at radius 1 is 1.06 bits per heavy atom. The van der Waals surface area contributed by atoms with Crippen LogP contribution in [0.4, 0.5) is 0 Å². The molecule has 0 bridgehead atoms. The normalized spacial score (nSPS) is 16.0. The second-order valence-electron chi connectivity index (χ2n) is 7.49. The molecule has 0 radical (unpaired) electrons. The fourth-order valence-electron chi connectivity index (χ4n) is 3.65. The van der Waals surface area contributed by atoms with E-state index in [4.69, 9.17) is 14.2 Å². The van der Waals surface area contributed by atoms with Crippen molar-refractivity contribution in [1.82, 2.24) is 9.21 Å². The average Bonchev–Trinajstić information content (AvgIpc) is 2.84. The van der Waals surface area contributed by atoms with Crippen molar-refractivity contribution in [3.05, 3.63) is 60.2 Å². The zero-order chi connectivity index (χ0) is 23.0. The van der Waals surface area contributed by atoms with Gasteiger partial charge in [-0.25, -0.2) is 8.42 Å². The SMILES string of the molecule is COC(=O)C(CCN1CCOCC1)N(Cc1ccccc1)S(=O)(=O)c1ccc(OC)cc1. The maximum Gasteiger partial charge on any atom is 0.324 e. The number of sulfonamides is 1. The van der Waals surface area contributed by atoms with Crippen molar-refractivity contribution in [1.29, 1.82) is 0 Å². The third-order valence-electron chi connectivity index (χ3n) is 5.49. The summed E-state index contributed by atoms with van der Waals surface area (Å²) < 4.78 is 44.2. The van der Waals surface area contributed by atoms with E-state index in [2.05, 4.69) is 4.90 Å². The lowest BCUT2D eigenvalue weighted by atomic mass is 10.1. The first-order valence-electron chi connectivity index (χ1n) is 10.5. The van der Waals surface area contributed by atoms with Crippen LogP contribution in [0.5, 0.6) is 5.75 Å². The fraction of sp³-hybridized carbons (Fsp3) is 0.435. The Hall–Kier alpha value is -2.46. The van der Waals surface area contributed by atoms with Crippen LogP contribution in [0.15, 0.2) is 59.5 Å². The van der Waals surface area contributed by atoms with Crippen LogP contribution in [0.1, 0.15) is 12.0 Å². The zero-order valence-electron chi connectivity index (χ0n) is 18.5. The predicted octanol–water partition coefficient (Wildman–Crippen LogP) is 2.15. The minimum absolute atomic E-state index is 0.0537. The highest BCUT2D eigenvalue weighted by molar-refractivity contribution is 7.89. The van der Waals surface area contributed by atoms with Gasteiger partial charge in [0.25, 0.3) is 0 Å². The number of morpholine rings is 1. The van der Waals surface area contributed by atoms with Crippen molar-refractivity contribution in [3.8, 4) is 5.75 Å². The number of carbonyl (C=O) groups is 1. The number of nitrogens with zero attached hydrogens (tertiary/aromatic N) is 2. The fourth-order valence-corrected chi connectivity index (χ4v) is 5.25. The molecule has 9 heteroatoms. The zero-order valence-corrected chi connectivity index (χ0v) is 19.3. The molecule has 1 atom stereocenters. The van der Waals surface area contributed by atoms with E-state index in [1.807, 2.05) is 30.3 Å². The molecule has 8 nitrogen and oxygen atoms in total. The molecule has 1 saturated heterocycles. The van der Waals surface area contributed by atoms with E-state index in [1.54, 1.807) is 12.1 Å². The Labute approximate surface area is 189 Å². The maximum absolute atomic E-state index is 13.7. The molecule has 32 heavy (non-hydrogen) atoms. The van der Waals surface area contributed by atoms with Gasteiger partial charge in [0, 0.05) is 26.2 Å². The van der Waals surface area contributed by atoms with Gasteiger partial charge in [0.2, 0.25) is 10.0 Å². The van der Waals surface area contributed by atoms with Gasteiger partial charge in [-0.2, -0.15) is 4.31 Å². The van der Waals surface area contributed by atoms with Gasteiger partial charge in [0.15, 0.2) is 0 Å². The van der Waals surface area contributed by atoms with E-state index in [9.17, 15) is 13.2 Å². The second-order valence-corrected chi connectivity index (χ2v) is 9.38. The number of methoxy groups -OCH3 is 2. The Morgan fingerprint density at radius 2 is 1.72 bits per heavy atom. The molecule has 1 aliphatic rings. The van der Waals surface area contributed by atoms with Crippen LogP contribution >= 0.6 is 0 Å². The van der Waals surface area contributed by atoms with Crippen molar-refractivity contribution in [2.75, 3.05) is 47.1 Å². The molecule has 0 aliphatic carbocycles. The first-order chi connectivity index (χ1) is 15.5. The largest absolute Gasteiger partial charge is 0.497 e. The van der Waals surface area contributed by atoms with Gasteiger partial charge in [0.1, 0.15) is 11.8 Å². The number of hydrogen-bond donors (Lipinski definition) is 0. The lowest BCUT2D eigenvalue weighted by Crippen LogP contribution is -2.47. The molecule has 0 amide bonds. The monoisotopic (exact) mass is 462 g/mol. The average molecular weight is 463 g/mol. The van der Waals surface area contributed by atoms with Crippen molar-refractivity contribution in [2.45, 2.75) is 23.9 Å². The van der Waals surface area contributed by atoms with Crippen LogP contribution in [0.25, 0.3) is 0 Å². The highest BCUT2D eigenvalue weighted by Gasteiger charge is 2.37. The molecular formula is C23H30N2O6S. The standard InChI is InChI=1S/C23H30N2O6S/c1-29-20-8-10-21(11-9-20)32(27,28)25(18-19-6-4-3-5-7-19)22(23(26)30-2)12-13-24-14-16-31-17-15-24/h3-11,22H,12-18H2,1-2H3. The van der Waals surface area contributed by atoms with E-state index in [0.29, 0.717) is 31.9 Å². The Balaban J connectivity index is 1.94. The number of carbonyl (C=O) groups excluding carboxylic acids is 1. The molecule has 1 aliphatic heterocycles. The van der Waals surface area contributed by atoms with Crippen LogP contribution in [-0.2, 0) is 30.8 Å². The summed E-state index contributed by atoms with van der Waals surface area (Å²) in [7, 11) is -1.20. The summed E-state index contributed by atoms with van der Waals surface area (Å²) in [4.78, 5) is 15.1. The third kappa shape index (κ3) is 6.07. The van der Waals surface area contributed by atoms with Crippen molar-refractivity contribution in [3.63, 3.8) is 0 Å². The van der Waals surface area contributed by atoms with E-state index in [0.717, 1.165) is 18.7 Å². The Morgan fingerprint density at radius 3 is 2.31 bits per heavy atom. The first kappa shape index (κ1) is 24.2. The summed E-state index contributed by atoms with van der Waals surface area (Å²) in [6.07, 6.45) is 0.314. The van der Waals surface area contributed by atoms with Crippen LogP contribution in [0.3, 0.4) is 0 Å². The lowest BCUT2D eigenvalue weighted by Gasteiger charge is -2.32. The number of benzene rings is 2. The number of rotatable bonds is 10. The minimum Gasteiger partial charge on any atom is -0.497 e. The van der Waals surface area contributed by atoms with Gasteiger partial charge in [0.05, 0.1) is 32.3 Å². The Bertz CT molecular complexity index is 960. The molecule has 0 aromatic heterocycles. The van der Waals surface area contributed by atoms with E-state index in [-0.39, 0.29) is 11.4 Å². The topological polar surface area (TPSA) is 85.4 Å². The molecule has 0 spiro atoms. The molecule has 1 fully saturated rings. The van der Waals surface area contributed by atoms with E-state index >= 15 is 0 Å². The van der Waals surface area contributed by atoms with Gasteiger partial charge in [-0.3, -0.25) is 9.69 Å². The highest BCUT2D eigenvalue weighted by Crippen LogP contribution is 2.25. The smallest absolute Gasteiger partial charge is 0.324 e. The van der Waals surface area contributed by atoms with Gasteiger partial charge in [-0.15, -0.1) is 0 Å². The molecule has 174 valence electrons. The summed E-state index contributed by atoms with van der Waals surface area (Å²) in [5.41, 5.74) is 0.782. The molecule has 0 N–H and O–H groups in total. The molecule has 0 saturated carbocycles. The van der Waals surface area contributed by atoms with Crippen molar-refractivity contribution < 1.29 is 27.4 Å². The predicted molar refractivity (Wildman–Crippen MR) is 120 cm³/mol. The van der Waals surface area contributed by atoms with Gasteiger partial charge in [-0.1, -0.05) is 30.3 Å². The van der Waals surface area contributed by atoms with Crippen molar-refractivity contribution in [2.24, 2.45) is 0 Å². The van der Waals surface area contributed by atoms with Gasteiger partial charge in [-0.05, 0) is 36.2 Å². The number of ether oxygens (including phenoxy) is 3.